The van der Waals surface area contributed by atoms with Gasteiger partial charge < -0.3 is 0 Å². The fourth-order valence-electron chi connectivity index (χ4n) is 1.77. The number of ketones is 1. The van der Waals surface area contributed by atoms with Crippen LogP contribution in [-0.4, -0.2) is 33.7 Å². The first kappa shape index (κ1) is 16.9. The number of nitrogens with one attached hydrogen (secondary N) is 1. The van der Waals surface area contributed by atoms with Gasteiger partial charge in [-0.2, -0.15) is 0 Å². The summed E-state index contributed by atoms with van der Waals surface area (Å²) in [4.78, 5) is 24.3. The van der Waals surface area contributed by atoms with Gasteiger partial charge in [0, 0.05) is 0 Å². The second kappa shape index (κ2) is 6.55. The molecule has 0 saturated heterocycles. The van der Waals surface area contributed by atoms with Crippen molar-refractivity contribution >= 4 is 26.6 Å². The minimum atomic E-state index is -0.428. The number of carbonyl (C=O) groups is 2. The Morgan fingerprint density at radius 1 is 1.10 bits per heavy atom. The standard InChI is InChI=1S/C16H23NO2Se/c1-15(2,14(19)17-5)11-20-16(3,4)13(18)12-9-7-6-8-10-12/h6-10H,11H2,1-5H3,(H,17,19). The van der Waals surface area contributed by atoms with Crippen molar-refractivity contribution in [3.8, 4) is 0 Å². The van der Waals surface area contributed by atoms with Crippen molar-refractivity contribution in [2.45, 2.75) is 37.3 Å². The molecule has 4 heteroatoms. The van der Waals surface area contributed by atoms with Crippen molar-refractivity contribution in [1.29, 1.82) is 0 Å². The summed E-state index contributed by atoms with van der Waals surface area (Å²) in [7, 11) is 1.65. The summed E-state index contributed by atoms with van der Waals surface area (Å²) in [5, 5.41) is 3.43. The first-order valence-electron chi connectivity index (χ1n) is 6.67. The molecule has 20 heavy (non-hydrogen) atoms. The van der Waals surface area contributed by atoms with Crippen LogP contribution in [0.4, 0.5) is 0 Å². The predicted octanol–water partition coefficient (Wildman–Crippen LogP) is 2.96. The number of carbonyl (C=O) groups excluding carboxylic acids is 2. The van der Waals surface area contributed by atoms with E-state index in [0.29, 0.717) is 0 Å². The van der Waals surface area contributed by atoms with E-state index in [1.807, 2.05) is 58.0 Å². The number of amides is 1. The van der Waals surface area contributed by atoms with E-state index in [9.17, 15) is 9.59 Å². The summed E-state index contributed by atoms with van der Waals surface area (Å²) < 4.78 is -0.403. The Hall–Kier alpha value is -1.12. The van der Waals surface area contributed by atoms with Crippen LogP contribution in [0.3, 0.4) is 0 Å². The van der Waals surface area contributed by atoms with Gasteiger partial charge in [0.2, 0.25) is 0 Å². The molecule has 1 amide bonds. The van der Waals surface area contributed by atoms with E-state index in [2.05, 4.69) is 5.32 Å². The number of hydrogen-bond donors (Lipinski definition) is 1. The first-order chi connectivity index (χ1) is 9.20. The molecule has 3 nitrogen and oxygen atoms in total. The van der Waals surface area contributed by atoms with Crippen LogP contribution in [-0.2, 0) is 4.79 Å². The first-order valence-corrected chi connectivity index (χ1v) is 8.73. The van der Waals surface area contributed by atoms with Crippen LogP contribution in [0.15, 0.2) is 30.3 Å². The van der Waals surface area contributed by atoms with Crippen LogP contribution in [0.25, 0.3) is 0 Å². The van der Waals surface area contributed by atoms with E-state index >= 15 is 0 Å². The average Bonchev–Trinajstić information content (AvgIpc) is 2.44. The molecule has 0 saturated carbocycles. The summed E-state index contributed by atoms with van der Waals surface area (Å²) in [6.45, 7) is 7.80. The van der Waals surface area contributed by atoms with E-state index < -0.39 is 9.73 Å². The molecule has 0 spiro atoms. The summed E-state index contributed by atoms with van der Waals surface area (Å²) in [6.07, 6.45) is 0. The maximum absolute atomic E-state index is 12.5. The summed E-state index contributed by atoms with van der Waals surface area (Å²) in [5.74, 6) is 0.188. The maximum atomic E-state index is 12.5. The van der Waals surface area contributed by atoms with Gasteiger partial charge in [-0.15, -0.1) is 0 Å². The van der Waals surface area contributed by atoms with Crippen molar-refractivity contribution in [1.82, 2.24) is 5.32 Å². The van der Waals surface area contributed by atoms with E-state index in [1.165, 1.54) is 0 Å². The van der Waals surface area contributed by atoms with Crippen molar-refractivity contribution < 1.29 is 9.59 Å². The fraction of sp³-hybridized carbons (Fsp3) is 0.500. The molecule has 0 unspecified atom stereocenters. The van der Waals surface area contributed by atoms with E-state index in [1.54, 1.807) is 7.05 Å². The Balaban J connectivity index is 2.76. The van der Waals surface area contributed by atoms with Crippen molar-refractivity contribution in [3.05, 3.63) is 35.9 Å². The van der Waals surface area contributed by atoms with E-state index in [4.69, 9.17) is 0 Å². The quantitative estimate of drug-likeness (QED) is 0.639. The molecule has 0 aliphatic rings. The molecule has 0 atom stereocenters. The van der Waals surface area contributed by atoms with E-state index in [0.717, 1.165) is 10.9 Å². The Morgan fingerprint density at radius 2 is 1.65 bits per heavy atom. The van der Waals surface area contributed by atoms with Gasteiger partial charge in [-0.05, 0) is 0 Å². The summed E-state index contributed by atoms with van der Waals surface area (Å²) in [6, 6.07) is 9.37. The molecule has 1 aromatic rings. The van der Waals surface area contributed by atoms with Crippen LogP contribution >= 0.6 is 0 Å². The zero-order valence-electron chi connectivity index (χ0n) is 12.8. The van der Waals surface area contributed by atoms with Gasteiger partial charge in [0.15, 0.2) is 0 Å². The zero-order valence-corrected chi connectivity index (χ0v) is 14.5. The second-order valence-electron chi connectivity index (χ2n) is 5.96. The average molecular weight is 340 g/mol. The predicted molar refractivity (Wildman–Crippen MR) is 83.2 cm³/mol. The van der Waals surface area contributed by atoms with E-state index in [-0.39, 0.29) is 26.6 Å². The Bertz CT molecular complexity index is 481. The van der Waals surface area contributed by atoms with Gasteiger partial charge in [-0.3, -0.25) is 0 Å². The number of rotatable bonds is 6. The fourth-order valence-corrected chi connectivity index (χ4v) is 4.08. The molecule has 0 bridgehead atoms. The summed E-state index contributed by atoms with van der Waals surface area (Å²) in [5.41, 5.74) is 0.320. The van der Waals surface area contributed by atoms with Crippen LogP contribution < -0.4 is 5.32 Å². The molecule has 0 heterocycles. The van der Waals surface area contributed by atoms with Crippen LogP contribution in [0, 0.1) is 5.41 Å². The monoisotopic (exact) mass is 341 g/mol. The van der Waals surface area contributed by atoms with Crippen molar-refractivity contribution in [2.75, 3.05) is 7.05 Å². The van der Waals surface area contributed by atoms with Crippen molar-refractivity contribution in [2.24, 2.45) is 5.41 Å². The molecule has 0 aromatic heterocycles. The third-order valence-corrected chi connectivity index (χ3v) is 6.94. The number of hydrogen-bond acceptors (Lipinski definition) is 2. The van der Waals surface area contributed by atoms with Crippen molar-refractivity contribution in [3.63, 3.8) is 0 Å². The molecule has 0 fully saturated rings. The Morgan fingerprint density at radius 3 is 2.15 bits per heavy atom. The molecule has 1 N–H and O–H groups in total. The molecule has 1 aromatic carbocycles. The van der Waals surface area contributed by atoms with Gasteiger partial charge in [0.25, 0.3) is 0 Å². The molecule has 1 rings (SSSR count). The van der Waals surface area contributed by atoms with Crippen LogP contribution in [0.2, 0.25) is 9.63 Å². The SMILES string of the molecule is CNC(=O)C(C)(C)C[Se]C(C)(C)C(=O)c1ccccc1. The summed E-state index contributed by atoms with van der Waals surface area (Å²) >= 11 is 0.0515. The zero-order chi connectivity index (χ0) is 15.4. The second-order valence-corrected chi connectivity index (χ2v) is 9.31. The Labute approximate surface area is 127 Å². The third-order valence-electron chi connectivity index (χ3n) is 3.22. The van der Waals surface area contributed by atoms with Gasteiger partial charge >= 0.3 is 127 Å². The van der Waals surface area contributed by atoms with Gasteiger partial charge in [0.05, 0.1) is 0 Å². The molecular formula is C16H23NO2Se. The molecule has 0 aliphatic heterocycles. The molecule has 110 valence electrons. The van der Waals surface area contributed by atoms with Crippen LogP contribution in [0.5, 0.6) is 0 Å². The topological polar surface area (TPSA) is 46.2 Å². The Kier molecular flexibility index (Phi) is 5.55. The third kappa shape index (κ3) is 4.19. The van der Waals surface area contributed by atoms with Crippen LogP contribution in [0.1, 0.15) is 38.1 Å². The van der Waals surface area contributed by atoms with Gasteiger partial charge in [-0.1, -0.05) is 0 Å². The number of Topliss-reactive ketones (excluding diaryl/α,β-unsaturated/α-hetero) is 1. The minimum absolute atomic E-state index is 0.0299. The normalized spacial score (nSPS) is 12.1. The molecule has 0 aliphatic carbocycles. The molecular weight excluding hydrogens is 317 g/mol. The van der Waals surface area contributed by atoms with Gasteiger partial charge in [0.1, 0.15) is 0 Å². The number of benzene rings is 1. The van der Waals surface area contributed by atoms with Gasteiger partial charge in [-0.25, -0.2) is 0 Å². The molecule has 0 radical (unpaired) electrons.